The average Bonchev–Trinajstić information content (AvgIpc) is 2.28. The van der Waals surface area contributed by atoms with E-state index in [1.54, 1.807) is 11.0 Å². The van der Waals surface area contributed by atoms with E-state index in [-0.39, 0.29) is 17.6 Å². The number of halogens is 1. The van der Waals surface area contributed by atoms with Crippen molar-refractivity contribution in [3.8, 4) is 0 Å². The zero-order chi connectivity index (χ0) is 12.7. The summed E-state index contributed by atoms with van der Waals surface area (Å²) in [4.78, 5) is 14.0. The van der Waals surface area contributed by atoms with Crippen molar-refractivity contribution in [1.29, 1.82) is 0 Å². The molecular formula is C14H16FNO2. The number of carbonyl (C=O) groups is 1. The molecule has 0 saturated heterocycles. The lowest BCUT2D eigenvalue weighted by Gasteiger charge is -2.36. The molecule has 1 unspecified atom stereocenters. The Kier molecular flexibility index (Phi) is 2.82. The maximum absolute atomic E-state index is 13.2. The Morgan fingerprint density at radius 3 is 2.78 bits per heavy atom. The second-order valence-electron chi connectivity index (χ2n) is 5.13. The van der Waals surface area contributed by atoms with Crippen LogP contribution in [0.4, 0.5) is 10.1 Å². The quantitative estimate of drug-likeness (QED) is 0.830. The summed E-state index contributed by atoms with van der Waals surface area (Å²) in [6, 6.07) is 4.28. The molecule has 1 N–H and O–H groups in total. The van der Waals surface area contributed by atoms with Gasteiger partial charge in [0.25, 0.3) is 0 Å². The van der Waals surface area contributed by atoms with Gasteiger partial charge in [-0.25, -0.2) is 4.39 Å². The van der Waals surface area contributed by atoms with E-state index in [0.29, 0.717) is 24.2 Å². The number of hydrogen-bond donors (Lipinski definition) is 1. The van der Waals surface area contributed by atoms with Crippen molar-refractivity contribution in [2.45, 2.75) is 31.8 Å². The molecule has 0 spiro atoms. The molecule has 1 amide bonds. The molecule has 3 rings (SSSR count). The van der Waals surface area contributed by atoms with Crippen LogP contribution in [-0.4, -0.2) is 17.6 Å². The van der Waals surface area contributed by atoms with Gasteiger partial charge < -0.3 is 10.0 Å². The van der Waals surface area contributed by atoms with Crippen LogP contribution in [-0.2, 0) is 4.79 Å². The van der Waals surface area contributed by atoms with Gasteiger partial charge in [0, 0.05) is 23.7 Å². The summed E-state index contributed by atoms with van der Waals surface area (Å²) in [5, 5.41) is 9.89. The summed E-state index contributed by atoms with van der Waals surface area (Å²) in [5.41, 5.74) is 1.21. The summed E-state index contributed by atoms with van der Waals surface area (Å²) < 4.78 is 13.2. The van der Waals surface area contributed by atoms with Gasteiger partial charge in [-0.2, -0.15) is 0 Å². The van der Waals surface area contributed by atoms with E-state index in [9.17, 15) is 14.3 Å². The van der Waals surface area contributed by atoms with E-state index in [1.165, 1.54) is 12.1 Å². The number of benzene rings is 1. The number of anilines is 1. The fourth-order valence-electron chi connectivity index (χ4n) is 2.67. The van der Waals surface area contributed by atoms with E-state index >= 15 is 0 Å². The number of fused-ring (bicyclic) bond motifs is 1. The molecule has 0 aromatic heterocycles. The number of hydrogen-bond acceptors (Lipinski definition) is 2. The minimum Gasteiger partial charge on any atom is -0.388 e. The van der Waals surface area contributed by atoms with Gasteiger partial charge in [-0.3, -0.25) is 4.79 Å². The zero-order valence-electron chi connectivity index (χ0n) is 10.1. The Labute approximate surface area is 105 Å². The number of carbonyl (C=O) groups excluding carboxylic acids is 1. The van der Waals surface area contributed by atoms with Gasteiger partial charge in [0.15, 0.2) is 0 Å². The van der Waals surface area contributed by atoms with Gasteiger partial charge in [0.1, 0.15) is 5.82 Å². The van der Waals surface area contributed by atoms with Crippen molar-refractivity contribution in [3.05, 3.63) is 29.6 Å². The third kappa shape index (κ3) is 1.81. The highest BCUT2D eigenvalue weighted by atomic mass is 19.1. The van der Waals surface area contributed by atoms with Crippen LogP contribution in [0.1, 0.15) is 37.4 Å². The largest absolute Gasteiger partial charge is 0.388 e. The smallest absolute Gasteiger partial charge is 0.230 e. The van der Waals surface area contributed by atoms with Gasteiger partial charge >= 0.3 is 0 Å². The molecule has 3 nitrogen and oxygen atoms in total. The van der Waals surface area contributed by atoms with Gasteiger partial charge in [-0.15, -0.1) is 0 Å². The lowest BCUT2D eigenvalue weighted by atomic mass is 9.83. The van der Waals surface area contributed by atoms with Crippen LogP contribution in [0.3, 0.4) is 0 Å². The first-order chi connectivity index (χ1) is 8.66. The Bertz CT molecular complexity index is 485. The van der Waals surface area contributed by atoms with E-state index in [0.717, 1.165) is 19.3 Å². The molecule has 1 heterocycles. The summed E-state index contributed by atoms with van der Waals surface area (Å²) in [5.74, 6) is -0.120. The molecule has 1 aliphatic carbocycles. The third-order valence-corrected chi connectivity index (χ3v) is 3.99. The van der Waals surface area contributed by atoms with E-state index < -0.39 is 6.10 Å². The summed E-state index contributed by atoms with van der Waals surface area (Å²) in [6.07, 6.45) is 2.84. The first-order valence-electron chi connectivity index (χ1n) is 6.45. The number of amides is 1. The maximum atomic E-state index is 13.2. The van der Waals surface area contributed by atoms with E-state index in [4.69, 9.17) is 0 Å². The second-order valence-corrected chi connectivity index (χ2v) is 5.13. The summed E-state index contributed by atoms with van der Waals surface area (Å²) in [7, 11) is 0. The number of rotatable bonds is 1. The lowest BCUT2D eigenvalue weighted by molar-refractivity contribution is -0.124. The minimum atomic E-state index is -0.666. The summed E-state index contributed by atoms with van der Waals surface area (Å²) in [6.45, 7) is 0.523. The lowest BCUT2D eigenvalue weighted by Crippen LogP contribution is -2.42. The predicted molar refractivity (Wildman–Crippen MR) is 65.7 cm³/mol. The van der Waals surface area contributed by atoms with E-state index in [2.05, 4.69) is 0 Å². The second kappa shape index (κ2) is 4.35. The van der Waals surface area contributed by atoms with Crippen molar-refractivity contribution in [1.82, 2.24) is 0 Å². The maximum Gasteiger partial charge on any atom is 0.230 e. The van der Waals surface area contributed by atoms with Crippen LogP contribution >= 0.6 is 0 Å². The molecule has 18 heavy (non-hydrogen) atoms. The van der Waals surface area contributed by atoms with Crippen LogP contribution in [0, 0.1) is 11.7 Å². The number of aliphatic hydroxyl groups is 1. The van der Waals surface area contributed by atoms with Crippen LogP contribution in [0.15, 0.2) is 18.2 Å². The Morgan fingerprint density at radius 2 is 2.11 bits per heavy atom. The SMILES string of the molecule is O=C(C1CCC1)N1CCC(O)c2cc(F)ccc21. The molecule has 2 aliphatic rings. The fraction of sp³-hybridized carbons (Fsp3) is 0.500. The molecule has 0 radical (unpaired) electrons. The van der Waals surface area contributed by atoms with Crippen molar-refractivity contribution in [3.63, 3.8) is 0 Å². The number of nitrogens with zero attached hydrogens (tertiary/aromatic N) is 1. The average molecular weight is 249 g/mol. The summed E-state index contributed by atoms with van der Waals surface area (Å²) >= 11 is 0. The van der Waals surface area contributed by atoms with Crippen molar-refractivity contribution in [2.75, 3.05) is 11.4 Å². The normalized spacial score (nSPS) is 23.4. The van der Waals surface area contributed by atoms with Crippen LogP contribution in [0.2, 0.25) is 0 Å². The fourth-order valence-corrected chi connectivity index (χ4v) is 2.67. The minimum absolute atomic E-state index is 0.123. The highest BCUT2D eigenvalue weighted by Gasteiger charge is 2.34. The van der Waals surface area contributed by atoms with Crippen LogP contribution < -0.4 is 4.90 Å². The standard InChI is InChI=1S/C14H16FNO2/c15-10-4-5-12-11(8-10)13(17)6-7-16(12)14(18)9-2-1-3-9/h4-5,8-9,13,17H,1-3,6-7H2. The first-order valence-corrected chi connectivity index (χ1v) is 6.45. The van der Waals surface area contributed by atoms with Crippen molar-refractivity contribution in [2.24, 2.45) is 5.92 Å². The third-order valence-electron chi connectivity index (χ3n) is 3.99. The molecule has 96 valence electrons. The van der Waals surface area contributed by atoms with Gasteiger partial charge in [-0.05, 0) is 37.5 Å². The van der Waals surface area contributed by atoms with E-state index in [1.807, 2.05) is 0 Å². The molecule has 1 aromatic rings. The van der Waals surface area contributed by atoms with Crippen LogP contribution in [0.5, 0.6) is 0 Å². The first kappa shape index (κ1) is 11.7. The molecular weight excluding hydrogens is 233 g/mol. The monoisotopic (exact) mass is 249 g/mol. The Morgan fingerprint density at radius 1 is 1.33 bits per heavy atom. The molecule has 1 aromatic carbocycles. The Balaban J connectivity index is 1.94. The molecule has 1 atom stereocenters. The molecule has 1 saturated carbocycles. The molecule has 0 bridgehead atoms. The predicted octanol–water partition coefficient (Wildman–Crippen LogP) is 2.40. The van der Waals surface area contributed by atoms with Crippen molar-refractivity contribution >= 4 is 11.6 Å². The number of aliphatic hydroxyl groups excluding tert-OH is 1. The molecule has 4 heteroatoms. The topological polar surface area (TPSA) is 40.5 Å². The van der Waals surface area contributed by atoms with Crippen LogP contribution in [0.25, 0.3) is 0 Å². The molecule has 1 fully saturated rings. The van der Waals surface area contributed by atoms with Crippen molar-refractivity contribution < 1.29 is 14.3 Å². The Hall–Kier alpha value is -1.42. The highest BCUT2D eigenvalue weighted by molar-refractivity contribution is 5.96. The molecule has 1 aliphatic heterocycles. The van der Waals surface area contributed by atoms with Gasteiger partial charge in [0.05, 0.1) is 6.10 Å². The van der Waals surface area contributed by atoms with Gasteiger partial charge in [-0.1, -0.05) is 6.42 Å². The van der Waals surface area contributed by atoms with Gasteiger partial charge in [0.2, 0.25) is 5.91 Å². The zero-order valence-corrected chi connectivity index (χ0v) is 10.1. The highest BCUT2D eigenvalue weighted by Crippen LogP contribution is 2.37.